The van der Waals surface area contributed by atoms with Crippen molar-refractivity contribution in [1.82, 2.24) is 25.4 Å². The standard InChI is InChI=1S/C24H30N6O2/c1-15(2)21-11-19(20-13-27-30(16(3)4)23(20)28-21)24(32)26-12-17-5-7-18(8-6-17)29-10-9-25-22(31)14-29/h5-8,11,13,15-16H,9-10,12,14H2,1-4H3,(H,25,31)(H,26,32). The molecule has 0 atom stereocenters. The van der Waals surface area contributed by atoms with Gasteiger partial charge < -0.3 is 15.5 Å². The second-order valence-electron chi connectivity index (χ2n) is 8.79. The highest BCUT2D eigenvalue weighted by Crippen LogP contribution is 2.24. The highest BCUT2D eigenvalue weighted by atomic mass is 16.2. The van der Waals surface area contributed by atoms with Crippen molar-refractivity contribution >= 4 is 28.5 Å². The van der Waals surface area contributed by atoms with Crippen molar-refractivity contribution in [2.45, 2.75) is 46.2 Å². The lowest BCUT2D eigenvalue weighted by molar-refractivity contribution is -0.120. The summed E-state index contributed by atoms with van der Waals surface area (Å²) in [5.41, 5.74) is 4.22. The van der Waals surface area contributed by atoms with Crippen LogP contribution in [0.15, 0.2) is 36.5 Å². The molecular weight excluding hydrogens is 404 g/mol. The van der Waals surface area contributed by atoms with E-state index in [0.29, 0.717) is 25.2 Å². The number of pyridine rings is 1. The van der Waals surface area contributed by atoms with Crippen LogP contribution in [0.3, 0.4) is 0 Å². The second-order valence-corrected chi connectivity index (χ2v) is 8.79. The summed E-state index contributed by atoms with van der Waals surface area (Å²) < 4.78 is 1.86. The molecule has 3 heterocycles. The first-order valence-corrected chi connectivity index (χ1v) is 11.1. The van der Waals surface area contributed by atoms with Crippen molar-refractivity contribution < 1.29 is 9.59 Å². The highest BCUT2D eigenvalue weighted by Gasteiger charge is 2.19. The van der Waals surface area contributed by atoms with Gasteiger partial charge in [0.15, 0.2) is 5.65 Å². The van der Waals surface area contributed by atoms with E-state index in [1.54, 1.807) is 6.20 Å². The Labute approximate surface area is 188 Å². The first-order chi connectivity index (χ1) is 15.3. The van der Waals surface area contributed by atoms with Gasteiger partial charge in [-0.15, -0.1) is 0 Å². The van der Waals surface area contributed by atoms with E-state index in [-0.39, 0.29) is 23.8 Å². The van der Waals surface area contributed by atoms with E-state index >= 15 is 0 Å². The SMILES string of the molecule is CC(C)c1cc(C(=O)NCc2ccc(N3CCNC(=O)C3)cc2)c2cnn(C(C)C)c2n1. The van der Waals surface area contributed by atoms with Crippen molar-refractivity contribution in [3.05, 3.63) is 53.3 Å². The molecule has 1 aromatic carbocycles. The Hall–Kier alpha value is -3.42. The number of benzene rings is 1. The number of amides is 2. The number of hydrogen-bond donors (Lipinski definition) is 2. The number of nitrogens with one attached hydrogen (secondary N) is 2. The summed E-state index contributed by atoms with van der Waals surface area (Å²) >= 11 is 0. The minimum absolute atomic E-state index is 0.0396. The molecular formula is C24H30N6O2. The lowest BCUT2D eigenvalue weighted by Gasteiger charge is -2.28. The molecule has 0 spiro atoms. The molecule has 0 unspecified atom stereocenters. The quantitative estimate of drug-likeness (QED) is 0.622. The fraction of sp³-hybridized carbons (Fsp3) is 0.417. The Kier molecular flexibility index (Phi) is 6.12. The lowest BCUT2D eigenvalue weighted by atomic mass is 10.0. The summed E-state index contributed by atoms with van der Waals surface area (Å²) in [6.45, 7) is 10.5. The maximum absolute atomic E-state index is 13.1. The molecule has 8 heteroatoms. The fourth-order valence-corrected chi connectivity index (χ4v) is 3.86. The van der Waals surface area contributed by atoms with Crippen molar-refractivity contribution in [2.24, 2.45) is 0 Å². The van der Waals surface area contributed by atoms with Crippen molar-refractivity contribution in [3.8, 4) is 0 Å². The van der Waals surface area contributed by atoms with Crippen LogP contribution in [0.2, 0.25) is 0 Å². The second kappa shape index (κ2) is 8.98. The number of fused-ring (bicyclic) bond motifs is 1. The zero-order chi connectivity index (χ0) is 22.8. The highest BCUT2D eigenvalue weighted by molar-refractivity contribution is 6.05. The van der Waals surface area contributed by atoms with Gasteiger partial charge in [-0.1, -0.05) is 26.0 Å². The van der Waals surface area contributed by atoms with Crippen molar-refractivity contribution in [3.63, 3.8) is 0 Å². The average Bonchev–Trinajstić information content (AvgIpc) is 3.21. The van der Waals surface area contributed by atoms with Crippen LogP contribution in [0, 0.1) is 0 Å². The maximum atomic E-state index is 13.1. The van der Waals surface area contributed by atoms with Crippen LogP contribution in [0.1, 0.15) is 61.3 Å². The van der Waals surface area contributed by atoms with Crippen LogP contribution < -0.4 is 15.5 Å². The third-order valence-electron chi connectivity index (χ3n) is 5.70. The molecule has 2 aromatic heterocycles. The lowest BCUT2D eigenvalue weighted by Crippen LogP contribution is -2.47. The van der Waals surface area contributed by atoms with Crippen LogP contribution in [0.4, 0.5) is 5.69 Å². The van der Waals surface area contributed by atoms with E-state index in [0.717, 1.165) is 34.5 Å². The monoisotopic (exact) mass is 434 g/mol. The maximum Gasteiger partial charge on any atom is 0.252 e. The Balaban J connectivity index is 1.51. The zero-order valence-corrected chi connectivity index (χ0v) is 19.1. The van der Waals surface area contributed by atoms with E-state index in [1.807, 2.05) is 35.0 Å². The van der Waals surface area contributed by atoms with Crippen LogP contribution in [0.25, 0.3) is 11.0 Å². The Bertz CT molecular complexity index is 1130. The van der Waals surface area contributed by atoms with E-state index in [2.05, 4.69) is 48.3 Å². The molecule has 8 nitrogen and oxygen atoms in total. The smallest absolute Gasteiger partial charge is 0.252 e. The van der Waals surface area contributed by atoms with E-state index in [1.165, 1.54) is 0 Å². The fourth-order valence-electron chi connectivity index (χ4n) is 3.86. The van der Waals surface area contributed by atoms with Crippen molar-refractivity contribution in [2.75, 3.05) is 24.5 Å². The molecule has 3 aromatic rings. The van der Waals surface area contributed by atoms with Gasteiger partial charge in [0.25, 0.3) is 5.91 Å². The molecule has 0 saturated carbocycles. The number of hydrogen-bond acceptors (Lipinski definition) is 5. The van der Waals surface area contributed by atoms with Gasteiger partial charge in [0.2, 0.25) is 5.91 Å². The first kappa shape index (κ1) is 21.8. The summed E-state index contributed by atoms with van der Waals surface area (Å²) in [6, 6.07) is 9.99. The van der Waals surface area contributed by atoms with Gasteiger partial charge in [-0.25, -0.2) is 9.67 Å². The first-order valence-electron chi connectivity index (χ1n) is 11.1. The number of carbonyl (C=O) groups is 2. The summed E-state index contributed by atoms with van der Waals surface area (Å²) in [7, 11) is 0. The van der Waals surface area contributed by atoms with Gasteiger partial charge in [0.05, 0.1) is 23.7 Å². The van der Waals surface area contributed by atoms with Crippen LogP contribution in [-0.4, -0.2) is 46.2 Å². The minimum Gasteiger partial charge on any atom is -0.360 e. The topological polar surface area (TPSA) is 92.2 Å². The molecule has 0 radical (unpaired) electrons. The molecule has 32 heavy (non-hydrogen) atoms. The summed E-state index contributed by atoms with van der Waals surface area (Å²) in [5, 5.41) is 11.1. The Morgan fingerprint density at radius 2 is 1.94 bits per heavy atom. The predicted octanol–water partition coefficient (Wildman–Crippen LogP) is 3.00. The average molecular weight is 435 g/mol. The molecule has 1 aliphatic rings. The molecule has 2 amide bonds. The van der Waals surface area contributed by atoms with Gasteiger partial charge in [-0.2, -0.15) is 5.10 Å². The Morgan fingerprint density at radius 3 is 2.59 bits per heavy atom. The molecule has 1 saturated heterocycles. The molecule has 0 aliphatic carbocycles. The largest absolute Gasteiger partial charge is 0.360 e. The molecule has 1 aliphatic heterocycles. The van der Waals surface area contributed by atoms with Gasteiger partial charge in [0, 0.05) is 37.1 Å². The number of rotatable bonds is 6. The van der Waals surface area contributed by atoms with Gasteiger partial charge >= 0.3 is 0 Å². The van der Waals surface area contributed by atoms with Gasteiger partial charge in [-0.3, -0.25) is 9.59 Å². The van der Waals surface area contributed by atoms with E-state index < -0.39 is 0 Å². The summed E-state index contributed by atoms with van der Waals surface area (Å²) in [4.78, 5) is 31.5. The molecule has 0 bridgehead atoms. The Morgan fingerprint density at radius 1 is 1.19 bits per heavy atom. The van der Waals surface area contributed by atoms with Crippen LogP contribution >= 0.6 is 0 Å². The third-order valence-corrected chi connectivity index (χ3v) is 5.70. The van der Waals surface area contributed by atoms with Crippen LogP contribution in [0.5, 0.6) is 0 Å². The minimum atomic E-state index is -0.139. The molecule has 2 N–H and O–H groups in total. The predicted molar refractivity (Wildman–Crippen MR) is 125 cm³/mol. The zero-order valence-electron chi connectivity index (χ0n) is 19.1. The number of piperazine rings is 1. The normalized spacial score (nSPS) is 14.3. The number of anilines is 1. The van der Waals surface area contributed by atoms with E-state index in [9.17, 15) is 9.59 Å². The number of aromatic nitrogens is 3. The number of nitrogens with zero attached hydrogens (tertiary/aromatic N) is 4. The van der Waals surface area contributed by atoms with Gasteiger partial charge in [0.1, 0.15) is 0 Å². The third kappa shape index (κ3) is 4.44. The van der Waals surface area contributed by atoms with Crippen LogP contribution in [-0.2, 0) is 11.3 Å². The molecule has 168 valence electrons. The van der Waals surface area contributed by atoms with Crippen molar-refractivity contribution in [1.29, 1.82) is 0 Å². The molecule has 1 fully saturated rings. The summed E-state index contributed by atoms with van der Waals surface area (Å²) in [6.07, 6.45) is 1.73. The van der Waals surface area contributed by atoms with Gasteiger partial charge in [-0.05, 0) is 43.5 Å². The molecule has 4 rings (SSSR count). The summed E-state index contributed by atoms with van der Waals surface area (Å²) in [5.74, 6) is 0.100. The van der Waals surface area contributed by atoms with E-state index in [4.69, 9.17) is 4.98 Å². The number of carbonyl (C=O) groups excluding carboxylic acids is 2.